The number of aliphatic imine (C=N–C) groups is 1. The first-order valence-corrected chi connectivity index (χ1v) is 11.2. The van der Waals surface area contributed by atoms with Crippen LogP contribution in [0, 0.1) is 0 Å². The molecule has 1 aromatic rings. The summed E-state index contributed by atoms with van der Waals surface area (Å²) in [6.07, 6.45) is 2.30. The van der Waals surface area contributed by atoms with E-state index in [1.54, 1.807) is 0 Å². The molecule has 160 valence electrons. The second kappa shape index (κ2) is 12.2. The van der Waals surface area contributed by atoms with Gasteiger partial charge in [0.2, 0.25) is 0 Å². The van der Waals surface area contributed by atoms with Gasteiger partial charge in [0.05, 0.1) is 24.8 Å². The molecule has 0 saturated carbocycles. The summed E-state index contributed by atoms with van der Waals surface area (Å²) in [4.78, 5) is 9.89. The number of thiophene rings is 1. The summed E-state index contributed by atoms with van der Waals surface area (Å²) in [5.41, 5.74) is 0. The molecule has 1 aromatic heterocycles. The molecule has 8 heteroatoms. The number of hydrogen-bond donors (Lipinski definition) is 2. The number of piperidine rings is 1. The third-order valence-corrected chi connectivity index (χ3v) is 6.43. The third-order valence-electron chi connectivity index (χ3n) is 5.50. The van der Waals surface area contributed by atoms with Gasteiger partial charge in [0.25, 0.3) is 0 Å². The quantitative estimate of drug-likeness (QED) is 0.343. The van der Waals surface area contributed by atoms with Crippen LogP contribution in [0.1, 0.15) is 33.6 Å². The van der Waals surface area contributed by atoms with Gasteiger partial charge in [-0.05, 0) is 51.1 Å². The van der Waals surface area contributed by atoms with E-state index in [4.69, 9.17) is 9.73 Å². The predicted molar refractivity (Wildman–Crippen MR) is 131 cm³/mol. The van der Waals surface area contributed by atoms with Crippen LogP contribution in [0.3, 0.4) is 0 Å². The van der Waals surface area contributed by atoms with Crippen LogP contribution in [-0.2, 0) is 4.74 Å². The molecule has 2 fully saturated rings. The fourth-order valence-electron chi connectivity index (χ4n) is 3.93. The minimum Gasteiger partial charge on any atom is -0.379 e. The summed E-state index contributed by atoms with van der Waals surface area (Å²) < 4.78 is 5.56. The number of nitrogens with zero attached hydrogens (tertiary/aromatic N) is 3. The molecule has 0 spiro atoms. The number of morpholine rings is 1. The zero-order valence-electron chi connectivity index (χ0n) is 17.4. The molecule has 3 rings (SSSR count). The van der Waals surface area contributed by atoms with Crippen LogP contribution in [-0.4, -0.2) is 74.9 Å². The summed E-state index contributed by atoms with van der Waals surface area (Å²) in [6.45, 7) is 13.2. The van der Waals surface area contributed by atoms with Crippen LogP contribution < -0.4 is 15.5 Å². The van der Waals surface area contributed by atoms with Crippen molar-refractivity contribution >= 4 is 46.3 Å². The first kappa shape index (κ1) is 23.7. The highest BCUT2D eigenvalue weighted by Crippen LogP contribution is 2.24. The molecule has 6 nitrogen and oxygen atoms in total. The van der Waals surface area contributed by atoms with Crippen molar-refractivity contribution < 1.29 is 4.74 Å². The highest BCUT2D eigenvalue weighted by molar-refractivity contribution is 14.0. The maximum absolute atomic E-state index is 5.56. The predicted octanol–water partition coefficient (Wildman–Crippen LogP) is 3.00. The van der Waals surface area contributed by atoms with Crippen LogP contribution in [0.15, 0.2) is 22.5 Å². The Morgan fingerprint density at radius 2 is 2.14 bits per heavy atom. The van der Waals surface area contributed by atoms with E-state index in [0.29, 0.717) is 18.1 Å². The number of ether oxygens (including phenoxy) is 1. The normalized spacial score (nSPS) is 23.2. The molecule has 0 aromatic carbocycles. The van der Waals surface area contributed by atoms with Crippen LogP contribution in [0.4, 0.5) is 5.00 Å². The van der Waals surface area contributed by atoms with Crippen LogP contribution in [0.25, 0.3) is 0 Å². The zero-order valence-corrected chi connectivity index (χ0v) is 20.5. The van der Waals surface area contributed by atoms with Gasteiger partial charge < -0.3 is 20.3 Å². The van der Waals surface area contributed by atoms with Crippen molar-refractivity contribution in [2.45, 2.75) is 51.7 Å². The third kappa shape index (κ3) is 6.74. The Morgan fingerprint density at radius 1 is 1.36 bits per heavy atom. The molecule has 0 aliphatic carbocycles. The van der Waals surface area contributed by atoms with Gasteiger partial charge in [-0.15, -0.1) is 35.3 Å². The van der Waals surface area contributed by atoms with E-state index in [-0.39, 0.29) is 24.0 Å². The van der Waals surface area contributed by atoms with Gasteiger partial charge in [-0.3, -0.25) is 9.89 Å². The molecule has 2 unspecified atom stereocenters. The van der Waals surface area contributed by atoms with Crippen molar-refractivity contribution in [3.8, 4) is 0 Å². The molecule has 2 N–H and O–H groups in total. The standard InChI is InChI=1S/C20H35N5OS.HI/c1-4-21-20(22-14-16(2)25-11-12-26-15-17(25)3)23-18-7-9-24(10-8-18)19-6-5-13-27-19;/h5-6,13,16-18H,4,7-12,14-15H2,1-3H3,(H2,21,22,23);1H. The lowest BCUT2D eigenvalue weighted by Gasteiger charge is -2.37. The van der Waals surface area contributed by atoms with Gasteiger partial charge in [-0.2, -0.15) is 0 Å². The van der Waals surface area contributed by atoms with Gasteiger partial charge >= 0.3 is 0 Å². The first-order chi connectivity index (χ1) is 13.2. The van der Waals surface area contributed by atoms with Gasteiger partial charge in [0.15, 0.2) is 5.96 Å². The molecule has 0 bridgehead atoms. The molecule has 28 heavy (non-hydrogen) atoms. The SMILES string of the molecule is CCNC(=NCC(C)N1CCOCC1C)NC1CCN(c2cccs2)CC1.I. The topological polar surface area (TPSA) is 52.1 Å². The lowest BCUT2D eigenvalue weighted by molar-refractivity contribution is -0.0165. The van der Waals surface area contributed by atoms with Crippen LogP contribution >= 0.6 is 35.3 Å². The number of rotatable bonds is 6. The number of nitrogens with one attached hydrogen (secondary N) is 2. The zero-order chi connectivity index (χ0) is 19.1. The summed E-state index contributed by atoms with van der Waals surface area (Å²) in [6, 6.07) is 5.76. The van der Waals surface area contributed by atoms with E-state index in [1.807, 2.05) is 11.3 Å². The summed E-state index contributed by atoms with van der Waals surface area (Å²) >= 11 is 1.83. The second-order valence-corrected chi connectivity index (χ2v) is 8.51. The van der Waals surface area contributed by atoms with Crippen molar-refractivity contribution in [1.82, 2.24) is 15.5 Å². The van der Waals surface area contributed by atoms with E-state index in [1.165, 1.54) is 5.00 Å². The average molecular weight is 522 g/mol. The molecular formula is C20H36IN5OS. The fourth-order valence-corrected chi connectivity index (χ4v) is 4.72. The van der Waals surface area contributed by atoms with E-state index in [0.717, 1.165) is 64.7 Å². The van der Waals surface area contributed by atoms with Crippen molar-refractivity contribution in [2.24, 2.45) is 4.99 Å². The van der Waals surface area contributed by atoms with Crippen molar-refractivity contribution in [3.63, 3.8) is 0 Å². The van der Waals surface area contributed by atoms with E-state index < -0.39 is 0 Å². The lowest BCUT2D eigenvalue weighted by atomic mass is 10.1. The summed E-state index contributed by atoms with van der Waals surface area (Å²) in [5, 5.41) is 10.6. The Bertz CT molecular complexity index is 577. The van der Waals surface area contributed by atoms with E-state index in [9.17, 15) is 0 Å². The van der Waals surface area contributed by atoms with Crippen molar-refractivity contribution in [2.75, 3.05) is 50.8 Å². The fraction of sp³-hybridized carbons (Fsp3) is 0.750. The minimum atomic E-state index is 0. The number of halogens is 1. The van der Waals surface area contributed by atoms with Gasteiger partial charge in [0.1, 0.15) is 0 Å². The number of anilines is 1. The molecule has 3 heterocycles. The molecule has 2 atom stereocenters. The maximum atomic E-state index is 5.56. The Labute approximate surface area is 191 Å². The second-order valence-electron chi connectivity index (χ2n) is 7.59. The summed E-state index contributed by atoms with van der Waals surface area (Å²) in [5.74, 6) is 0.958. The van der Waals surface area contributed by atoms with Gasteiger partial charge in [-0.1, -0.05) is 0 Å². The number of hydrogen-bond acceptors (Lipinski definition) is 5. The first-order valence-electron chi connectivity index (χ1n) is 10.3. The Hall–Kier alpha value is -0.580. The van der Waals surface area contributed by atoms with Crippen molar-refractivity contribution in [1.29, 1.82) is 0 Å². The Morgan fingerprint density at radius 3 is 2.79 bits per heavy atom. The van der Waals surface area contributed by atoms with Crippen molar-refractivity contribution in [3.05, 3.63) is 17.5 Å². The maximum Gasteiger partial charge on any atom is 0.191 e. The van der Waals surface area contributed by atoms with E-state index >= 15 is 0 Å². The monoisotopic (exact) mass is 521 g/mol. The summed E-state index contributed by atoms with van der Waals surface area (Å²) in [7, 11) is 0. The lowest BCUT2D eigenvalue weighted by Crippen LogP contribution is -2.51. The van der Waals surface area contributed by atoms with Gasteiger partial charge in [0, 0.05) is 44.3 Å². The Kier molecular flexibility index (Phi) is 10.3. The molecule has 2 aliphatic rings. The smallest absolute Gasteiger partial charge is 0.191 e. The number of guanidine groups is 1. The average Bonchev–Trinajstić information content (AvgIpc) is 3.22. The van der Waals surface area contributed by atoms with Crippen LogP contribution in [0.5, 0.6) is 0 Å². The minimum absolute atomic E-state index is 0. The van der Waals surface area contributed by atoms with Crippen LogP contribution in [0.2, 0.25) is 0 Å². The molecule has 2 saturated heterocycles. The van der Waals surface area contributed by atoms with E-state index in [2.05, 4.69) is 58.7 Å². The largest absolute Gasteiger partial charge is 0.379 e. The van der Waals surface area contributed by atoms with Gasteiger partial charge in [-0.25, -0.2) is 0 Å². The molecule has 0 amide bonds. The molecular weight excluding hydrogens is 485 g/mol. The highest BCUT2D eigenvalue weighted by Gasteiger charge is 2.24. The highest BCUT2D eigenvalue weighted by atomic mass is 127. The molecule has 0 radical (unpaired) electrons. The molecule has 2 aliphatic heterocycles. The Balaban J connectivity index is 0.00000280.